The highest BCUT2D eigenvalue weighted by atomic mass is 32.2. The van der Waals surface area contributed by atoms with Crippen molar-refractivity contribution in [2.24, 2.45) is 10.9 Å². The molecule has 0 atom stereocenters. The van der Waals surface area contributed by atoms with Crippen LogP contribution in [0.5, 0.6) is 0 Å². The van der Waals surface area contributed by atoms with E-state index in [0.29, 0.717) is 11.3 Å². The predicted molar refractivity (Wildman–Crippen MR) is 71.0 cm³/mol. The minimum Gasteiger partial charge on any atom is -0.448 e. The minimum absolute atomic E-state index is 0.0499. The Balaban J connectivity index is 2.90. The molecule has 0 saturated heterocycles. The van der Waals surface area contributed by atoms with Crippen LogP contribution in [0.25, 0.3) is 0 Å². The number of anilines is 2. The summed E-state index contributed by atoms with van der Waals surface area (Å²) in [6, 6.07) is 2.85. The second-order valence-corrected chi connectivity index (χ2v) is 5.36. The number of primary sulfonamides is 1. The minimum atomic E-state index is -3.85. The molecule has 1 rings (SSSR count). The Morgan fingerprint density at radius 3 is 2.58 bits per heavy atom. The normalized spacial score (nSPS) is 11.1. The fourth-order valence-corrected chi connectivity index (χ4v) is 2.36. The van der Waals surface area contributed by atoms with Gasteiger partial charge < -0.3 is 21.5 Å². The number of ether oxygens (including phenoxy) is 1. The van der Waals surface area contributed by atoms with Gasteiger partial charge in [-0.1, -0.05) is 0 Å². The van der Waals surface area contributed by atoms with E-state index in [9.17, 15) is 13.2 Å². The van der Waals surface area contributed by atoms with E-state index < -0.39 is 16.1 Å². The first-order chi connectivity index (χ1) is 8.71. The van der Waals surface area contributed by atoms with Crippen molar-refractivity contribution in [3.05, 3.63) is 17.7 Å². The van der Waals surface area contributed by atoms with Crippen molar-refractivity contribution in [3.63, 3.8) is 0 Å². The lowest BCUT2D eigenvalue weighted by Gasteiger charge is -2.13. The molecule has 7 N–H and O–H groups in total. The van der Waals surface area contributed by atoms with Gasteiger partial charge in [0.1, 0.15) is 6.61 Å². The van der Waals surface area contributed by atoms with Gasteiger partial charge in [-0.3, -0.25) is 0 Å². The quantitative estimate of drug-likeness (QED) is 0.432. The first-order valence-electron chi connectivity index (χ1n) is 5.31. The summed E-state index contributed by atoms with van der Waals surface area (Å²) < 4.78 is 27.3. The number of nitrogens with one attached hydrogen (secondary N) is 1. The third kappa shape index (κ3) is 4.30. The van der Waals surface area contributed by atoms with Crippen LogP contribution >= 0.6 is 0 Å². The summed E-state index contributed by atoms with van der Waals surface area (Å²) in [5.41, 5.74) is 11.6. The number of carbonyl (C=O) groups is 1. The number of sulfonamides is 1. The number of benzene rings is 1. The van der Waals surface area contributed by atoms with Crippen LogP contribution in [0.15, 0.2) is 17.0 Å². The third-order valence-corrected chi connectivity index (χ3v) is 3.39. The summed E-state index contributed by atoms with van der Waals surface area (Å²) in [6.45, 7) is 1.90. The van der Waals surface area contributed by atoms with Gasteiger partial charge in [0.05, 0.1) is 4.90 Å². The van der Waals surface area contributed by atoms with Crippen LogP contribution < -0.4 is 21.9 Å². The molecule has 19 heavy (non-hydrogen) atoms. The molecule has 1 aromatic rings. The maximum Gasteiger partial charge on any atom is 0.404 e. The molecule has 8 nitrogen and oxygen atoms in total. The average Bonchev–Trinajstić information content (AvgIpc) is 2.26. The van der Waals surface area contributed by atoms with E-state index in [0.717, 1.165) is 0 Å². The first-order valence-corrected chi connectivity index (χ1v) is 6.85. The highest BCUT2D eigenvalue weighted by Gasteiger charge is 2.15. The van der Waals surface area contributed by atoms with Crippen molar-refractivity contribution < 1.29 is 17.9 Å². The summed E-state index contributed by atoms with van der Waals surface area (Å²) in [5, 5.41) is 7.98. The van der Waals surface area contributed by atoms with E-state index in [-0.39, 0.29) is 23.7 Å². The van der Waals surface area contributed by atoms with Crippen molar-refractivity contribution in [2.45, 2.75) is 11.8 Å². The fraction of sp³-hybridized carbons (Fsp3) is 0.300. The number of nitrogens with two attached hydrogens (primary N) is 3. The lowest BCUT2D eigenvalue weighted by atomic mass is 10.2. The molecule has 0 aromatic heterocycles. The second-order valence-electron chi connectivity index (χ2n) is 3.83. The van der Waals surface area contributed by atoms with E-state index in [1.807, 2.05) is 0 Å². The van der Waals surface area contributed by atoms with Gasteiger partial charge >= 0.3 is 6.09 Å². The van der Waals surface area contributed by atoms with Crippen LogP contribution in [-0.2, 0) is 14.8 Å². The van der Waals surface area contributed by atoms with Crippen molar-refractivity contribution in [1.29, 1.82) is 0 Å². The molecule has 0 saturated carbocycles. The van der Waals surface area contributed by atoms with Gasteiger partial charge in [0.2, 0.25) is 10.0 Å². The van der Waals surface area contributed by atoms with Crippen LogP contribution in [0.4, 0.5) is 16.2 Å². The number of carbonyl (C=O) groups excluding carboxylic acids is 1. The van der Waals surface area contributed by atoms with Crippen molar-refractivity contribution in [2.75, 3.05) is 24.2 Å². The van der Waals surface area contributed by atoms with Gasteiger partial charge in [-0.2, -0.15) is 0 Å². The van der Waals surface area contributed by atoms with Crippen LogP contribution in [0, 0.1) is 6.92 Å². The number of nitrogen functional groups attached to an aromatic ring is 1. The van der Waals surface area contributed by atoms with Gasteiger partial charge in [0, 0.05) is 17.9 Å². The lowest BCUT2D eigenvalue weighted by molar-refractivity contribution is 0.161. The molecule has 0 aliphatic heterocycles. The number of hydrogen-bond donors (Lipinski definition) is 4. The Morgan fingerprint density at radius 1 is 1.42 bits per heavy atom. The van der Waals surface area contributed by atoms with Crippen molar-refractivity contribution in [1.82, 2.24) is 0 Å². The number of rotatable bonds is 5. The Hall–Kier alpha value is -2.00. The molecule has 0 bridgehead atoms. The zero-order valence-electron chi connectivity index (χ0n) is 10.3. The van der Waals surface area contributed by atoms with Gasteiger partial charge in [-0.25, -0.2) is 18.4 Å². The summed E-state index contributed by atoms with van der Waals surface area (Å²) in [5.74, 6) is 0. The molecular formula is C10H16N4O4S. The van der Waals surface area contributed by atoms with E-state index in [1.54, 1.807) is 13.0 Å². The molecule has 106 valence electrons. The lowest BCUT2D eigenvalue weighted by Crippen LogP contribution is -2.19. The number of primary amides is 1. The van der Waals surface area contributed by atoms with E-state index in [1.165, 1.54) is 6.07 Å². The van der Waals surface area contributed by atoms with Crippen LogP contribution in [-0.4, -0.2) is 27.7 Å². The Morgan fingerprint density at radius 2 is 2.05 bits per heavy atom. The van der Waals surface area contributed by atoms with Gasteiger partial charge in [-0.05, 0) is 24.6 Å². The van der Waals surface area contributed by atoms with Crippen LogP contribution in [0.1, 0.15) is 5.56 Å². The van der Waals surface area contributed by atoms with E-state index in [4.69, 9.17) is 16.6 Å². The molecule has 1 amide bonds. The molecule has 0 radical (unpaired) electrons. The Kier molecular flexibility index (Phi) is 4.57. The molecule has 1 aromatic carbocycles. The molecule has 0 aliphatic rings. The van der Waals surface area contributed by atoms with Crippen molar-refractivity contribution >= 4 is 27.5 Å². The molecule has 0 unspecified atom stereocenters. The zero-order valence-corrected chi connectivity index (χ0v) is 11.2. The molecule has 0 aliphatic carbocycles. The second kappa shape index (κ2) is 5.76. The molecule has 0 heterocycles. The largest absolute Gasteiger partial charge is 0.448 e. The number of amides is 1. The first kappa shape index (κ1) is 15.1. The number of hydrogen-bond acceptors (Lipinski definition) is 6. The third-order valence-electron chi connectivity index (χ3n) is 2.35. The highest BCUT2D eigenvalue weighted by molar-refractivity contribution is 7.89. The topological polar surface area (TPSA) is 151 Å². The smallest absolute Gasteiger partial charge is 0.404 e. The molecular weight excluding hydrogens is 272 g/mol. The zero-order chi connectivity index (χ0) is 14.6. The molecule has 0 fully saturated rings. The fourth-order valence-electron chi connectivity index (χ4n) is 1.53. The Bertz CT molecular complexity index is 585. The van der Waals surface area contributed by atoms with Gasteiger partial charge in [0.15, 0.2) is 0 Å². The Labute approximate surface area is 110 Å². The maximum absolute atomic E-state index is 11.4. The van der Waals surface area contributed by atoms with E-state index >= 15 is 0 Å². The average molecular weight is 288 g/mol. The summed E-state index contributed by atoms with van der Waals surface area (Å²) in [4.78, 5) is 10.3. The summed E-state index contributed by atoms with van der Waals surface area (Å²) in [7, 11) is -3.85. The van der Waals surface area contributed by atoms with Crippen molar-refractivity contribution in [3.8, 4) is 0 Å². The SMILES string of the molecule is Cc1c(NCCOC(N)=O)cc(N)cc1S(N)(=O)=O. The standard InChI is InChI=1S/C10H16N4O4S/c1-6-8(14-2-3-18-10(12)15)4-7(11)5-9(6)19(13,16)17/h4-5,14H,2-3,11H2,1H3,(H2,12,15)(H2,13,16,17). The summed E-state index contributed by atoms with van der Waals surface area (Å²) in [6.07, 6.45) is -0.878. The van der Waals surface area contributed by atoms with E-state index in [2.05, 4.69) is 10.1 Å². The maximum atomic E-state index is 11.4. The van der Waals surface area contributed by atoms with Crippen LogP contribution in [0.3, 0.4) is 0 Å². The van der Waals surface area contributed by atoms with Gasteiger partial charge in [0.25, 0.3) is 0 Å². The molecule has 0 spiro atoms. The summed E-state index contributed by atoms with van der Waals surface area (Å²) >= 11 is 0. The van der Waals surface area contributed by atoms with Crippen LogP contribution in [0.2, 0.25) is 0 Å². The highest BCUT2D eigenvalue weighted by Crippen LogP contribution is 2.25. The predicted octanol–water partition coefficient (Wildman–Crippen LogP) is -0.268. The molecule has 9 heteroatoms. The monoisotopic (exact) mass is 288 g/mol. The van der Waals surface area contributed by atoms with Gasteiger partial charge in [-0.15, -0.1) is 0 Å².